The highest BCUT2D eigenvalue weighted by Gasteiger charge is 2.29. The molecule has 1 aromatic carbocycles. The van der Waals surface area contributed by atoms with E-state index in [1.807, 2.05) is 29.2 Å². The summed E-state index contributed by atoms with van der Waals surface area (Å²) in [6.45, 7) is 26.6. The number of aryl methyl sites for hydroxylation is 1. The number of likely N-dealkylation sites (tertiary alicyclic amines) is 1. The van der Waals surface area contributed by atoms with Crippen molar-refractivity contribution in [3.8, 4) is 0 Å². The number of benzene rings is 1. The van der Waals surface area contributed by atoms with E-state index < -0.39 is 0 Å². The number of hydrogen-bond acceptors (Lipinski definition) is 7. The number of Topliss-reactive ketones (excluding diaryl/α,β-unsaturated/α-hetero) is 1. The Labute approximate surface area is 285 Å². The first-order valence-electron chi connectivity index (χ1n) is 17.7. The topological polar surface area (TPSA) is 103 Å². The van der Waals surface area contributed by atoms with E-state index in [-0.39, 0.29) is 36.1 Å². The lowest BCUT2D eigenvalue weighted by atomic mass is 10.0. The molecule has 0 aromatic heterocycles. The molecule has 47 heavy (non-hydrogen) atoms. The predicted molar refractivity (Wildman–Crippen MR) is 195 cm³/mol. The number of rotatable bonds is 23. The Hall–Kier alpha value is -3.01. The van der Waals surface area contributed by atoms with Crippen molar-refractivity contribution < 1.29 is 19.1 Å². The average molecular weight is 656 g/mol. The number of allylic oxidation sites excluding steroid dienone is 1. The van der Waals surface area contributed by atoms with Crippen molar-refractivity contribution >= 4 is 23.3 Å². The molecule has 1 aliphatic heterocycles. The molecule has 9 nitrogen and oxygen atoms in total. The second kappa shape index (κ2) is 24.2. The van der Waals surface area contributed by atoms with Crippen molar-refractivity contribution in [2.45, 2.75) is 99.0 Å². The van der Waals surface area contributed by atoms with Crippen molar-refractivity contribution in [3.63, 3.8) is 0 Å². The molecule has 0 spiro atoms. The fraction of sp³-hybridized carbons (Fsp3) is 0.658. The molecule has 1 aromatic rings. The van der Waals surface area contributed by atoms with E-state index in [4.69, 9.17) is 4.74 Å². The van der Waals surface area contributed by atoms with Gasteiger partial charge in [-0.25, -0.2) is 0 Å². The lowest BCUT2D eigenvalue weighted by Gasteiger charge is -2.25. The van der Waals surface area contributed by atoms with Crippen molar-refractivity contribution in [2.24, 2.45) is 11.8 Å². The minimum Gasteiger partial charge on any atom is -0.383 e. The third kappa shape index (κ3) is 17.6. The summed E-state index contributed by atoms with van der Waals surface area (Å²) in [5, 5.41) is 9.65. The quantitative estimate of drug-likeness (QED) is 0.121. The van der Waals surface area contributed by atoms with Crippen molar-refractivity contribution in [1.29, 1.82) is 0 Å². The molecule has 0 saturated carbocycles. The zero-order chi connectivity index (χ0) is 35.2. The van der Waals surface area contributed by atoms with Crippen LogP contribution in [0.5, 0.6) is 0 Å². The number of hydrogen-bond donors (Lipinski definition) is 3. The Morgan fingerprint density at radius 2 is 1.77 bits per heavy atom. The van der Waals surface area contributed by atoms with Crippen LogP contribution in [0.4, 0.5) is 5.69 Å². The Bertz CT molecular complexity index is 1090. The summed E-state index contributed by atoms with van der Waals surface area (Å²) >= 11 is 0. The molecule has 2 rings (SSSR count). The van der Waals surface area contributed by atoms with Crippen LogP contribution in [-0.2, 0) is 25.5 Å². The number of ether oxygens (including phenoxy) is 1. The Morgan fingerprint density at radius 1 is 1.09 bits per heavy atom. The molecule has 1 aliphatic rings. The minimum absolute atomic E-state index is 0.0698. The Morgan fingerprint density at radius 3 is 2.32 bits per heavy atom. The number of nitrogens with one attached hydrogen (secondary N) is 3. The van der Waals surface area contributed by atoms with Crippen LogP contribution in [0.25, 0.3) is 0 Å². The smallest absolute Gasteiger partial charge is 0.243 e. The van der Waals surface area contributed by atoms with Crippen LogP contribution in [0.1, 0.15) is 92.1 Å². The molecule has 2 atom stereocenters. The minimum atomic E-state index is -0.131. The third-order valence-corrected chi connectivity index (χ3v) is 8.49. The van der Waals surface area contributed by atoms with E-state index in [9.17, 15) is 14.4 Å². The van der Waals surface area contributed by atoms with Crippen LogP contribution in [0, 0.1) is 11.8 Å². The van der Waals surface area contributed by atoms with Gasteiger partial charge in [0, 0.05) is 62.1 Å². The van der Waals surface area contributed by atoms with Gasteiger partial charge in [0.2, 0.25) is 11.8 Å². The fourth-order valence-electron chi connectivity index (χ4n) is 5.50. The van der Waals surface area contributed by atoms with Crippen LogP contribution in [0.15, 0.2) is 48.8 Å². The summed E-state index contributed by atoms with van der Waals surface area (Å²) in [5.74, 6) is 0.852. The maximum Gasteiger partial charge on any atom is 0.243 e. The molecular formula is C38H65N5O4. The number of nitrogens with zero attached hydrogens (tertiary/aromatic N) is 2. The fourth-order valence-corrected chi connectivity index (χ4v) is 5.50. The zero-order valence-corrected chi connectivity index (χ0v) is 30.6. The molecule has 0 aliphatic carbocycles. The third-order valence-electron chi connectivity index (χ3n) is 8.49. The van der Waals surface area contributed by atoms with Crippen LogP contribution < -0.4 is 16.0 Å². The molecule has 0 bridgehead atoms. The van der Waals surface area contributed by atoms with Gasteiger partial charge in [0.25, 0.3) is 0 Å². The molecular weight excluding hydrogens is 590 g/mol. The SMILES string of the molecule is C=C(NCC(=O)Nc1ccc(CCC(C)=O)cc1)C(NCCCCCCN1C(=C)C(C)CC1=O)C(C)C.CCCN(CC)CCOC. The number of ketones is 1. The van der Waals surface area contributed by atoms with Gasteiger partial charge in [-0.2, -0.15) is 0 Å². The number of methoxy groups -OCH3 is 1. The van der Waals surface area contributed by atoms with E-state index in [1.54, 1.807) is 14.0 Å². The predicted octanol–water partition coefficient (Wildman–Crippen LogP) is 6.17. The highest BCUT2D eigenvalue weighted by atomic mass is 16.5. The lowest BCUT2D eigenvalue weighted by Crippen LogP contribution is -2.42. The van der Waals surface area contributed by atoms with Crippen molar-refractivity contribution in [2.75, 3.05) is 58.3 Å². The molecule has 9 heteroatoms. The van der Waals surface area contributed by atoms with Gasteiger partial charge < -0.3 is 35.3 Å². The molecule has 0 radical (unpaired) electrons. The van der Waals surface area contributed by atoms with Gasteiger partial charge in [0.05, 0.1) is 13.2 Å². The van der Waals surface area contributed by atoms with Crippen LogP contribution in [-0.4, -0.2) is 86.4 Å². The summed E-state index contributed by atoms with van der Waals surface area (Å²) in [7, 11) is 1.75. The van der Waals surface area contributed by atoms with Crippen molar-refractivity contribution in [3.05, 3.63) is 54.4 Å². The van der Waals surface area contributed by atoms with E-state index in [0.29, 0.717) is 25.2 Å². The van der Waals surface area contributed by atoms with Gasteiger partial charge in [0.15, 0.2) is 0 Å². The maximum atomic E-state index is 12.4. The first-order valence-corrected chi connectivity index (χ1v) is 17.7. The molecule has 2 amide bonds. The highest BCUT2D eigenvalue weighted by molar-refractivity contribution is 5.92. The number of carbonyl (C=O) groups excluding carboxylic acids is 3. The second-order valence-corrected chi connectivity index (χ2v) is 13.0. The summed E-state index contributed by atoms with van der Waals surface area (Å²) in [5.41, 5.74) is 3.58. The maximum absolute atomic E-state index is 12.4. The number of carbonyl (C=O) groups is 3. The monoisotopic (exact) mass is 656 g/mol. The van der Waals surface area contributed by atoms with E-state index in [2.05, 4.69) is 68.6 Å². The van der Waals surface area contributed by atoms with E-state index in [0.717, 1.165) is 81.1 Å². The summed E-state index contributed by atoms with van der Waals surface area (Å²) < 4.78 is 4.98. The molecule has 1 fully saturated rings. The highest BCUT2D eigenvalue weighted by Crippen LogP contribution is 2.27. The van der Waals surface area contributed by atoms with Gasteiger partial charge in [-0.3, -0.25) is 9.59 Å². The normalized spacial score (nSPS) is 15.1. The molecule has 1 saturated heterocycles. The van der Waals surface area contributed by atoms with Gasteiger partial charge in [-0.1, -0.05) is 72.8 Å². The van der Waals surface area contributed by atoms with E-state index >= 15 is 0 Å². The standard InChI is InChI=1S/C30H46N4O3.C8H19NO/c1-21(2)30(31-17-9-7-8-10-18-34-25(6)22(3)19-29(34)37)24(5)32-20-28(36)33-27-15-13-26(14-16-27)12-11-23(4)35;1-4-6-9(5-2)7-8-10-3/h13-16,21-22,30-32H,5-12,17-20H2,1-4H3,(H,33,36);4-8H2,1-3H3. The molecule has 2 unspecified atom stereocenters. The molecule has 3 N–H and O–H groups in total. The van der Waals surface area contributed by atoms with Gasteiger partial charge in [-0.05, 0) is 75.9 Å². The average Bonchev–Trinajstić information content (AvgIpc) is 3.28. The Balaban J connectivity index is 0.000000950. The summed E-state index contributed by atoms with van der Waals surface area (Å²) in [6, 6.07) is 7.67. The largest absolute Gasteiger partial charge is 0.383 e. The summed E-state index contributed by atoms with van der Waals surface area (Å²) in [4.78, 5) is 39.8. The molecule has 266 valence electrons. The van der Waals surface area contributed by atoms with Gasteiger partial charge >= 0.3 is 0 Å². The number of anilines is 1. The summed E-state index contributed by atoms with van der Waals surface area (Å²) in [6.07, 6.45) is 7.28. The lowest BCUT2D eigenvalue weighted by molar-refractivity contribution is -0.127. The first kappa shape index (κ1) is 42.0. The number of amides is 2. The zero-order valence-electron chi connectivity index (χ0n) is 30.6. The van der Waals surface area contributed by atoms with E-state index in [1.165, 1.54) is 13.0 Å². The van der Waals surface area contributed by atoms with Crippen LogP contribution >= 0.6 is 0 Å². The number of unbranched alkanes of at least 4 members (excludes halogenated alkanes) is 3. The number of likely N-dealkylation sites (N-methyl/N-ethyl adjacent to an activating group) is 1. The Kier molecular flexibility index (Phi) is 21.6. The van der Waals surface area contributed by atoms with Crippen molar-refractivity contribution in [1.82, 2.24) is 20.4 Å². The van der Waals surface area contributed by atoms with Crippen LogP contribution in [0.2, 0.25) is 0 Å². The second-order valence-electron chi connectivity index (χ2n) is 13.0. The first-order chi connectivity index (χ1) is 22.4. The molecule has 1 heterocycles. The van der Waals surface area contributed by atoms with Crippen LogP contribution in [0.3, 0.4) is 0 Å². The van der Waals surface area contributed by atoms with Gasteiger partial charge in [0.1, 0.15) is 5.78 Å². The van der Waals surface area contributed by atoms with Gasteiger partial charge in [-0.15, -0.1) is 0 Å².